The standard InChI is InChI=1S/C14H16ClN3O3S/c1-18-9-16-17-13(18)22-8-14(20-7-12(6-19)21-14)10-2-4-11(15)5-3-10/h2-5,9,12,19H,6-8H2,1H3. The maximum atomic E-state index is 9.33. The zero-order chi connectivity index (χ0) is 15.6. The van der Waals surface area contributed by atoms with Gasteiger partial charge < -0.3 is 19.1 Å². The molecule has 3 rings (SSSR count). The average molecular weight is 342 g/mol. The number of ether oxygens (including phenoxy) is 2. The quantitative estimate of drug-likeness (QED) is 0.837. The van der Waals surface area contributed by atoms with Crippen LogP contribution in [0.25, 0.3) is 0 Å². The summed E-state index contributed by atoms with van der Waals surface area (Å²) >= 11 is 7.44. The number of benzene rings is 1. The van der Waals surface area contributed by atoms with Crippen molar-refractivity contribution in [1.29, 1.82) is 0 Å². The van der Waals surface area contributed by atoms with Gasteiger partial charge in [-0.3, -0.25) is 0 Å². The SMILES string of the molecule is Cn1cnnc1SCC1(c2ccc(Cl)cc2)OCC(CO)O1. The number of aliphatic hydroxyl groups excluding tert-OH is 1. The first kappa shape index (κ1) is 15.8. The molecule has 0 spiro atoms. The molecular weight excluding hydrogens is 326 g/mol. The van der Waals surface area contributed by atoms with Gasteiger partial charge in [0.05, 0.1) is 19.0 Å². The molecule has 1 N–H and O–H groups in total. The molecule has 0 saturated carbocycles. The fraction of sp³-hybridized carbons (Fsp3) is 0.429. The van der Waals surface area contributed by atoms with Crippen molar-refractivity contribution in [2.24, 2.45) is 7.05 Å². The monoisotopic (exact) mass is 341 g/mol. The van der Waals surface area contributed by atoms with E-state index in [1.165, 1.54) is 11.8 Å². The highest BCUT2D eigenvalue weighted by atomic mass is 35.5. The number of rotatable bonds is 5. The van der Waals surface area contributed by atoms with Crippen LogP contribution in [0.5, 0.6) is 0 Å². The van der Waals surface area contributed by atoms with E-state index in [2.05, 4.69) is 10.2 Å². The van der Waals surface area contributed by atoms with Crippen LogP contribution in [-0.2, 0) is 22.3 Å². The minimum atomic E-state index is -0.922. The van der Waals surface area contributed by atoms with Gasteiger partial charge in [-0.05, 0) is 12.1 Å². The summed E-state index contributed by atoms with van der Waals surface area (Å²) < 4.78 is 13.7. The first-order chi connectivity index (χ1) is 10.6. The van der Waals surface area contributed by atoms with Gasteiger partial charge >= 0.3 is 0 Å². The number of aliphatic hydroxyl groups is 1. The van der Waals surface area contributed by atoms with Gasteiger partial charge in [0, 0.05) is 17.6 Å². The molecule has 0 amide bonds. The lowest BCUT2D eigenvalue weighted by molar-refractivity contribution is -0.161. The maximum Gasteiger partial charge on any atom is 0.205 e. The van der Waals surface area contributed by atoms with Crippen molar-refractivity contribution >= 4 is 23.4 Å². The summed E-state index contributed by atoms with van der Waals surface area (Å²) in [5.41, 5.74) is 0.863. The Kier molecular flexibility index (Phi) is 4.70. The third-order valence-electron chi connectivity index (χ3n) is 3.41. The third-order valence-corrected chi connectivity index (χ3v) is 4.81. The van der Waals surface area contributed by atoms with E-state index >= 15 is 0 Å². The van der Waals surface area contributed by atoms with Crippen LogP contribution in [0, 0.1) is 0 Å². The Balaban J connectivity index is 1.84. The van der Waals surface area contributed by atoms with E-state index in [9.17, 15) is 5.11 Å². The predicted octanol–water partition coefficient (Wildman–Crippen LogP) is 1.82. The van der Waals surface area contributed by atoms with E-state index in [1.807, 2.05) is 23.7 Å². The Morgan fingerprint density at radius 3 is 2.82 bits per heavy atom. The number of thioether (sulfide) groups is 1. The Morgan fingerprint density at radius 1 is 1.45 bits per heavy atom. The van der Waals surface area contributed by atoms with E-state index in [0.717, 1.165) is 10.7 Å². The van der Waals surface area contributed by atoms with Crippen LogP contribution in [0.2, 0.25) is 5.02 Å². The molecule has 22 heavy (non-hydrogen) atoms. The van der Waals surface area contributed by atoms with E-state index in [4.69, 9.17) is 21.1 Å². The number of hydrogen-bond donors (Lipinski definition) is 1. The summed E-state index contributed by atoms with van der Waals surface area (Å²) in [6, 6.07) is 7.34. The first-order valence-corrected chi connectivity index (χ1v) is 8.15. The Morgan fingerprint density at radius 2 is 2.23 bits per heavy atom. The van der Waals surface area contributed by atoms with Crippen molar-refractivity contribution in [3.8, 4) is 0 Å². The summed E-state index contributed by atoms with van der Waals surface area (Å²) in [4.78, 5) is 0. The van der Waals surface area contributed by atoms with Crippen LogP contribution < -0.4 is 0 Å². The highest BCUT2D eigenvalue weighted by Gasteiger charge is 2.43. The molecule has 1 aliphatic heterocycles. The van der Waals surface area contributed by atoms with Gasteiger partial charge in [0.25, 0.3) is 0 Å². The topological polar surface area (TPSA) is 69.4 Å². The summed E-state index contributed by atoms with van der Waals surface area (Å²) in [5.74, 6) is -0.424. The minimum absolute atomic E-state index is 0.0794. The number of aromatic nitrogens is 3. The van der Waals surface area contributed by atoms with Crippen molar-refractivity contribution in [2.45, 2.75) is 17.0 Å². The molecule has 0 bridgehead atoms. The molecule has 6 nitrogen and oxygen atoms in total. The molecule has 1 aromatic carbocycles. The molecule has 1 aromatic heterocycles. The van der Waals surface area contributed by atoms with Gasteiger partial charge in [0.1, 0.15) is 12.4 Å². The normalized spacial score (nSPS) is 24.8. The van der Waals surface area contributed by atoms with Gasteiger partial charge in [-0.25, -0.2) is 0 Å². The fourth-order valence-corrected chi connectivity index (χ4v) is 3.35. The Hall–Kier alpha value is -1.12. The van der Waals surface area contributed by atoms with E-state index < -0.39 is 5.79 Å². The molecule has 0 radical (unpaired) electrons. The summed E-state index contributed by atoms with van der Waals surface area (Å²) in [6.07, 6.45) is 1.31. The van der Waals surface area contributed by atoms with Crippen LogP contribution in [0.4, 0.5) is 0 Å². The maximum absolute atomic E-state index is 9.33. The smallest absolute Gasteiger partial charge is 0.205 e. The fourth-order valence-electron chi connectivity index (χ4n) is 2.23. The van der Waals surface area contributed by atoms with Crippen LogP contribution in [0.3, 0.4) is 0 Å². The zero-order valence-corrected chi connectivity index (χ0v) is 13.5. The van der Waals surface area contributed by atoms with Gasteiger partial charge in [-0.1, -0.05) is 35.5 Å². The molecule has 1 aliphatic rings. The van der Waals surface area contributed by atoms with Gasteiger partial charge in [-0.15, -0.1) is 10.2 Å². The highest BCUT2D eigenvalue weighted by Crippen LogP contribution is 2.39. The van der Waals surface area contributed by atoms with Gasteiger partial charge in [0.2, 0.25) is 5.79 Å². The molecule has 2 aromatic rings. The van der Waals surface area contributed by atoms with Crippen molar-refractivity contribution in [2.75, 3.05) is 19.0 Å². The lowest BCUT2D eigenvalue weighted by Crippen LogP contribution is -2.32. The number of aryl methyl sites for hydroxylation is 1. The molecule has 2 heterocycles. The number of hydrogen-bond acceptors (Lipinski definition) is 6. The molecule has 118 valence electrons. The first-order valence-electron chi connectivity index (χ1n) is 6.78. The molecule has 8 heteroatoms. The highest BCUT2D eigenvalue weighted by molar-refractivity contribution is 7.99. The van der Waals surface area contributed by atoms with Crippen LogP contribution in [0.15, 0.2) is 35.7 Å². The second-order valence-electron chi connectivity index (χ2n) is 5.01. The second-order valence-corrected chi connectivity index (χ2v) is 6.39. The van der Waals surface area contributed by atoms with Crippen molar-refractivity contribution in [1.82, 2.24) is 14.8 Å². The van der Waals surface area contributed by atoms with Crippen molar-refractivity contribution in [3.05, 3.63) is 41.2 Å². The summed E-state index contributed by atoms with van der Waals surface area (Å²) in [5, 5.41) is 18.7. The van der Waals surface area contributed by atoms with E-state index in [0.29, 0.717) is 17.4 Å². The second kappa shape index (κ2) is 6.55. The van der Waals surface area contributed by atoms with Gasteiger partial charge in [-0.2, -0.15) is 0 Å². The Bertz CT molecular complexity index is 637. The van der Waals surface area contributed by atoms with Crippen LogP contribution in [-0.4, -0.2) is 44.9 Å². The summed E-state index contributed by atoms with van der Waals surface area (Å²) in [7, 11) is 1.88. The molecule has 1 fully saturated rings. The largest absolute Gasteiger partial charge is 0.394 e. The van der Waals surface area contributed by atoms with Crippen molar-refractivity contribution in [3.63, 3.8) is 0 Å². The molecule has 0 aliphatic carbocycles. The predicted molar refractivity (Wildman–Crippen MR) is 82.8 cm³/mol. The molecule has 2 atom stereocenters. The van der Waals surface area contributed by atoms with E-state index in [-0.39, 0.29) is 12.7 Å². The summed E-state index contributed by atoms with van der Waals surface area (Å²) in [6.45, 7) is 0.266. The molecule has 2 unspecified atom stereocenters. The van der Waals surface area contributed by atoms with Gasteiger partial charge in [0.15, 0.2) is 5.16 Å². The lowest BCUT2D eigenvalue weighted by atomic mass is 10.1. The Labute approximate surface area is 137 Å². The third kappa shape index (κ3) is 3.13. The molecular formula is C14H16ClN3O3S. The zero-order valence-electron chi connectivity index (χ0n) is 12.0. The molecule has 1 saturated heterocycles. The minimum Gasteiger partial charge on any atom is -0.394 e. The number of halogens is 1. The van der Waals surface area contributed by atoms with Crippen LogP contribution >= 0.6 is 23.4 Å². The van der Waals surface area contributed by atoms with E-state index in [1.54, 1.807) is 18.5 Å². The average Bonchev–Trinajstić information content (AvgIpc) is 3.13. The van der Waals surface area contributed by atoms with Crippen molar-refractivity contribution < 1.29 is 14.6 Å². The number of nitrogens with zero attached hydrogens (tertiary/aromatic N) is 3. The van der Waals surface area contributed by atoms with Crippen LogP contribution in [0.1, 0.15) is 5.56 Å². The lowest BCUT2D eigenvalue weighted by Gasteiger charge is -2.28.